The van der Waals surface area contributed by atoms with Gasteiger partial charge in [0.15, 0.2) is 0 Å². The summed E-state index contributed by atoms with van der Waals surface area (Å²) in [4.78, 5) is 14.3. The summed E-state index contributed by atoms with van der Waals surface area (Å²) in [5.41, 5.74) is 1.31. The number of nitriles is 1. The number of amides is 1. The lowest BCUT2D eigenvalue weighted by Crippen LogP contribution is -2.33. The molecule has 0 aromatic carbocycles. The molecule has 3 rings (SSSR count). The molecule has 0 saturated carbocycles. The summed E-state index contributed by atoms with van der Waals surface area (Å²) < 4.78 is 1.87. The van der Waals surface area contributed by atoms with Crippen molar-refractivity contribution in [2.24, 2.45) is 0 Å². The number of anilines is 2. The molecule has 0 aliphatic carbocycles. The highest BCUT2D eigenvalue weighted by Crippen LogP contribution is 2.31. The zero-order valence-corrected chi connectivity index (χ0v) is 14.2. The first-order valence-corrected chi connectivity index (χ1v) is 8.39. The normalized spacial score (nSPS) is 18.3. The Balaban J connectivity index is 1.73. The van der Waals surface area contributed by atoms with Crippen molar-refractivity contribution >= 4 is 27.9 Å². The van der Waals surface area contributed by atoms with Gasteiger partial charge in [0, 0.05) is 12.7 Å². The summed E-state index contributed by atoms with van der Waals surface area (Å²) in [6.45, 7) is 6.85. The Morgan fingerprint density at radius 3 is 2.91 bits per heavy atom. The van der Waals surface area contributed by atoms with Gasteiger partial charge in [0.25, 0.3) is 0 Å². The molecule has 2 aromatic rings. The van der Waals surface area contributed by atoms with Gasteiger partial charge in [-0.1, -0.05) is 0 Å². The molecule has 1 fully saturated rings. The molecule has 1 aliphatic rings. The van der Waals surface area contributed by atoms with Crippen LogP contribution >= 0.6 is 11.3 Å². The highest BCUT2D eigenvalue weighted by Gasteiger charge is 2.34. The SMILES string of the molecule is CC(C)(C)n1cc(N[C@H]2CCN(c3sccc3C#N)C2=O)cn1. The molecular weight excluding hydrogens is 310 g/mol. The van der Waals surface area contributed by atoms with Crippen molar-refractivity contribution in [3.8, 4) is 6.07 Å². The molecule has 3 heterocycles. The van der Waals surface area contributed by atoms with Gasteiger partial charge in [0.2, 0.25) is 5.91 Å². The van der Waals surface area contributed by atoms with E-state index in [1.165, 1.54) is 11.3 Å². The largest absolute Gasteiger partial charge is 0.371 e. The second kappa shape index (κ2) is 5.70. The Kier molecular flexibility index (Phi) is 3.86. The lowest BCUT2D eigenvalue weighted by molar-refractivity contribution is -0.117. The van der Waals surface area contributed by atoms with Crippen LogP contribution in [-0.4, -0.2) is 28.3 Å². The first-order valence-electron chi connectivity index (χ1n) is 7.51. The van der Waals surface area contributed by atoms with Crippen LogP contribution < -0.4 is 10.2 Å². The van der Waals surface area contributed by atoms with Crippen LogP contribution in [0.15, 0.2) is 23.8 Å². The standard InChI is InChI=1S/C16H19N5OS/c1-16(2,3)21-10-12(9-18-21)19-13-4-6-20(14(13)22)15-11(8-17)5-7-23-15/h5,7,9-10,13,19H,4,6H2,1-3H3/t13-/m0/s1. The maximum Gasteiger partial charge on any atom is 0.250 e. The molecule has 1 amide bonds. The minimum Gasteiger partial charge on any atom is -0.371 e. The molecule has 0 bridgehead atoms. The van der Waals surface area contributed by atoms with Gasteiger partial charge in [-0.3, -0.25) is 9.48 Å². The van der Waals surface area contributed by atoms with Gasteiger partial charge in [-0.2, -0.15) is 10.4 Å². The van der Waals surface area contributed by atoms with Crippen LogP contribution in [-0.2, 0) is 10.3 Å². The Bertz CT molecular complexity index is 764. The molecular formula is C16H19N5OS. The lowest BCUT2D eigenvalue weighted by Gasteiger charge is -2.19. The van der Waals surface area contributed by atoms with E-state index in [9.17, 15) is 4.79 Å². The van der Waals surface area contributed by atoms with E-state index in [1.54, 1.807) is 17.2 Å². The third-order valence-corrected chi connectivity index (χ3v) is 4.76. The van der Waals surface area contributed by atoms with Crippen LogP contribution in [0.5, 0.6) is 0 Å². The van der Waals surface area contributed by atoms with Crippen LogP contribution in [0.1, 0.15) is 32.8 Å². The molecule has 1 atom stereocenters. The average Bonchev–Trinajstić information content (AvgIpc) is 3.19. The summed E-state index contributed by atoms with van der Waals surface area (Å²) in [6, 6.07) is 3.62. The van der Waals surface area contributed by atoms with Crippen molar-refractivity contribution in [1.82, 2.24) is 9.78 Å². The van der Waals surface area contributed by atoms with Crippen molar-refractivity contribution in [1.29, 1.82) is 5.26 Å². The lowest BCUT2D eigenvalue weighted by atomic mass is 10.1. The van der Waals surface area contributed by atoms with E-state index in [-0.39, 0.29) is 17.5 Å². The second-order valence-corrected chi connectivity index (χ2v) is 7.47. The van der Waals surface area contributed by atoms with Crippen LogP contribution in [0, 0.1) is 11.3 Å². The van der Waals surface area contributed by atoms with E-state index in [4.69, 9.17) is 5.26 Å². The molecule has 1 N–H and O–H groups in total. The average molecular weight is 329 g/mol. The number of nitrogens with one attached hydrogen (secondary N) is 1. The van der Waals surface area contributed by atoms with Gasteiger partial charge in [-0.25, -0.2) is 0 Å². The van der Waals surface area contributed by atoms with Crippen molar-refractivity contribution in [2.75, 3.05) is 16.8 Å². The highest BCUT2D eigenvalue weighted by atomic mass is 32.1. The Labute approximate surface area is 139 Å². The topological polar surface area (TPSA) is 74.0 Å². The molecule has 6 nitrogen and oxygen atoms in total. The summed E-state index contributed by atoms with van der Waals surface area (Å²) >= 11 is 1.43. The summed E-state index contributed by atoms with van der Waals surface area (Å²) in [7, 11) is 0. The monoisotopic (exact) mass is 329 g/mol. The van der Waals surface area contributed by atoms with Crippen molar-refractivity contribution in [3.63, 3.8) is 0 Å². The highest BCUT2D eigenvalue weighted by molar-refractivity contribution is 7.14. The zero-order chi connectivity index (χ0) is 16.6. The quantitative estimate of drug-likeness (QED) is 0.939. The van der Waals surface area contributed by atoms with E-state index in [1.807, 2.05) is 16.3 Å². The number of carbonyl (C=O) groups excluding carboxylic acids is 1. The first-order chi connectivity index (χ1) is 10.9. The van der Waals surface area contributed by atoms with E-state index in [0.717, 1.165) is 10.7 Å². The van der Waals surface area contributed by atoms with Crippen LogP contribution in [0.2, 0.25) is 0 Å². The predicted molar refractivity (Wildman–Crippen MR) is 90.6 cm³/mol. The molecule has 23 heavy (non-hydrogen) atoms. The number of hydrogen-bond donors (Lipinski definition) is 1. The first kappa shape index (κ1) is 15.6. The van der Waals surface area contributed by atoms with Crippen molar-refractivity contribution in [3.05, 3.63) is 29.4 Å². The van der Waals surface area contributed by atoms with Gasteiger partial charge in [-0.15, -0.1) is 11.3 Å². The fourth-order valence-electron chi connectivity index (χ4n) is 2.58. The minimum atomic E-state index is -0.277. The Morgan fingerprint density at radius 1 is 1.48 bits per heavy atom. The van der Waals surface area contributed by atoms with Crippen LogP contribution in [0.4, 0.5) is 10.7 Å². The zero-order valence-electron chi connectivity index (χ0n) is 13.4. The number of aromatic nitrogens is 2. The van der Waals surface area contributed by atoms with Gasteiger partial charge in [0.05, 0.1) is 23.0 Å². The number of hydrogen-bond acceptors (Lipinski definition) is 5. The van der Waals surface area contributed by atoms with Gasteiger partial charge in [-0.05, 0) is 38.6 Å². The minimum absolute atomic E-state index is 0.00691. The van der Waals surface area contributed by atoms with E-state index in [2.05, 4.69) is 37.3 Å². The number of thiophene rings is 1. The maximum atomic E-state index is 12.6. The summed E-state index contributed by atoms with van der Waals surface area (Å²) in [5, 5.41) is 19.3. The molecule has 120 valence electrons. The van der Waals surface area contributed by atoms with Crippen LogP contribution in [0.25, 0.3) is 0 Å². The summed E-state index contributed by atoms with van der Waals surface area (Å²) in [6.07, 6.45) is 4.37. The molecule has 0 unspecified atom stereocenters. The molecule has 1 aliphatic heterocycles. The number of rotatable bonds is 3. The second-order valence-electron chi connectivity index (χ2n) is 6.57. The summed E-state index contributed by atoms with van der Waals surface area (Å²) in [5.74, 6) is 0.00691. The van der Waals surface area contributed by atoms with Gasteiger partial charge < -0.3 is 10.2 Å². The van der Waals surface area contributed by atoms with Gasteiger partial charge >= 0.3 is 0 Å². The number of nitrogens with zero attached hydrogens (tertiary/aromatic N) is 4. The fourth-order valence-corrected chi connectivity index (χ4v) is 3.46. The van der Waals surface area contributed by atoms with Crippen LogP contribution in [0.3, 0.4) is 0 Å². The molecule has 7 heteroatoms. The number of carbonyl (C=O) groups is 1. The van der Waals surface area contributed by atoms with Crippen molar-refractivity contribution < 1.29 is 4.79 Å². The smallest absolute Gasteiger partial charge is 0.250 e. The Hall–Kier alpha value is -2.33. The molecule has 0 spiro atoms. The molecule has 2 aromatic heterocycles. The predicted octanol–water partition coefficient (Wildman–Crippen LogP) is 2.79. The molecule has 1 saturated heterocycles. The third kappa shape index (κ3) is 2.94. The van der Waals surface area contributed by atoms with E-state index < -0.39 is 0 Å². The maximum absolute atomic E-state index is 12.6. The third-order valence-electron chi connectivity index (χ3n) is 3.83. The van der Waals surface area contributed by atoms with Crippen molar-refractivity contribution in [2.45, 2.75) is 38.8 Å². The van der Waals surface area contributed by atoms with Gasteiger partial charge in [0.1, 0.15) is 17.1 Å². The Morgan fingerprint density at radius 2 is 2.26 bits per heavy atom. The van der Waals surface area contributed by atoms with E-state index in [0.29, 0.717) is 18.5 Å². The van der Waals surface area contributed by atoms with E-state index >= 15 is 0 Å². The fraction of sp³-hybridized carbons (Fsp3) is 0.438. The molecule has 0 radical (unpaired) electrons.